The van der Waals surface area contributed by atoms with Crippen LogP contribution in [0.15, 0.2) is 12.2 Å². The lowest BCUT2D eigenvalue weighted by Gasteiger charge is -2.18. The van der Waals surface area contributed by atoms with Gasteiger partial charge in [0.25, 0.3) is 0 Å². The van der Waals surface area contributed by atoms with Crippen LogP contribution in [0.4, 0.5) is 0 Å². The summed E-state index contributed by atoms with van der Waals surface area (Å²) >= 11 is 0. The fraction of sp³-hybridized carbons (Fsp3) is 0.922. The first kappa shape index (κ1) is 68.2. The van der Waals surface area contributed by atoms with Crippen molar-refractivity contribution in [3.63, 3.8) is 0 Å². The molecule has 0 amide bonds. The highest BCUT2D eigenvalue weighted by Gasteiger charge is 2.19. The van der Waals surface area contributed by atoms with Gasteiger partial charge in [-0.05, 0) is 44.9 Å². The van der Waals surface area contributed by atoms with E-state index in [2.05, 4.69) is 32.9 Å². The smallest absolute Gasteiger partial charge is 0.306 e. The zero-order valence-corrected chi connectivity index (χ0v) is 47.6. The second-order valence-corrected chi connectivity index (χ2v) is 21.7. The lowest BCUT2D eigenvalue weighted by atomic mass is 10.0. The first-order valence-corrected chi connectivity index (χ1v) is 31.7. The van der Waals surface area contributed by atoms with Gasteiger partial charge >= 0.3 is 17.9 Å². The monoisotopic (exact) mass is 987 g/mol. The van der Waals surface area contributed by atoms with Crippen LogP contribution in [0.25, 0.3) is 0 Å². The third-order valence-corrected chi connectivity index (χ3v) is 14.5. The summed E-state index contributed by atoms with van der Waals surface area (Å²) in [7, 11) is 0. The minimum Gasteiger partial charge on any atom is -0.462 e. The zero-order chi connectivity index (χ0) is 50.7. The molecule has 1 atom stereocenters. The van der Waals surface area contributed by atoms with Crippen molar-refractivity contribution in [3.05, 3.63) is 12.2 Å². The summed E-state index contributed by atoms with van der Waals surface area (Å²) in [4.78, 5) is 37.8. The van der Waals surface area contributed by atoms with E-state index in [0.29, 0.717) is 19.3 Å². The van der Waals surface area contributed by atoms with Crippen LogP contribution in [0.3, 0.4) is 0 Å². The Bertz CT molecular complexity index is 1090. The third-order valence-electron chi connectivity index (χ3n) is 14.5. The highest BCUT2D eigenvalue weighted by molar-refractivity contribution is 5.71. The van der Waals surface area contributed by atoms with Crippen LogP contribution in [-0.4, -0.2) is 37.2 Å². The topological polar surface area (TPSA) is 78.9 Å². The Morgan fingerprint density at radius 3 is 0.714 bits per heavy atom. The molecule has 0 aromatic rings. The normalized spacial score (nSPS) is 12.0. The van der Waals surface area contributed by atoms with Crippen LogP contribution < -0.4 is 0 Å². The first-order chi connectivity index (χ1) is 34.5. The van der Waals surface area contributed by atoms with E-state index in [-0.39, 0.29) is 31.1 Å². The van der Waals surface area contributed by atoms with Gasteiger partial charge in [-0.25, -0.2) is 0 Å². The highest BCUT2D eigenvalue weighted by Crippen LogP contribution is 2.18. The number of allylic oxidation sites excluding steroid dienone is 2. The second-order valence-electron chi connectivity index (χ2n) is 21.7. The van der Waals surface area contributed by atoms with Crippen molar-refractivity contribution >= 4 is 17.9 Å². The Kier molecular flexibility index (Phi) is 58.1. The molecule has 1 unspecified atom stereocenters. The quantitative estimate of drug-likeness (QED) is 0.0261. The minimum absolute atomic E-state index is 0.0672. The van der Waals surface area contributed by atoms with Crippen molar-refractivity contribution in [2.24, 2.45) is 0 Å². The van der Waals surface area contributed by atoms with E-state index < -0.39 is 6.10 Å². The molecule has 0 saturated carbocycles. The molecule has 414 valence electrons. The summed E-state index contributed by atoms with van der Waals surface area (Å²) in [5, 5.41) is 0. The molecule has 0 aromatic carbocycles. The molecule has 0 aliphatic heterocycles. The minimum atomic E-state index is -0.765. The molecule has 0 saturated heterocycles. The predicted molar refractivity (Wildman–Crippen MR) is 303 cm³/mol. The molecule has 0 aliphatic rings. The predicted octanol–water partition coefficient (Wildman–Crippen LogP) is 21.3. The first-order valence-electron chi connectivity index (χ1n) is 31.7. The standard InChI is InChI=1S/C64H122O6/c1-4-7-10-13-15-17-19-21-23-25-27-28-29-30-31-32-33-34-35-36-37-39-40-42-44-46-48-51-54-57-63(66)69-60-61(59-68-62(65)56-53-50-12-9-6-3)70-64(67)58-55-52-49-47-45-43-41-38-26-24-22-20-18-16-14-11-8-5-2/h24,26,61H,4-23,25,27-60H2,1-3H3/b26-24-. The van der Waals surface area contributed by atoms with E-state index in [1.54, 1.807) is 0 Å². The molecular formula is C64H122O6. The second kappa shape index (κ2) is 59.7. The van der Waals surface area contributed by atoms with Gasteiger partial charge in [0.2, 0.25) is 0 Å². The molecule has 0 fully saturated rings. The van der Waals surface area contributed by atoms with Crippen LogP contribution in [0.2, 0.25) is 0 Å². The molecular weight excluding hydrogens is 865 g/mol. The number of unbranched alkanes of at least 4 members (excludes halogenated alkanes) is 46. The van der Waals surface area contributed by atoms with Crippen molar-refractivity contribution in [2.45, 2.75) is 367 Å². The Morgan fingerprint density at radius 2 is 0.471 bits per heavy atom. The lowest BCUT2D eigenvalue weighted by Crippen LogP contribution is -2.30. The van der Waals surface area contributed by atoms with Crippen LogP contribution in [-0.2, 0) is 28.6 Å². The number of carbonyl (C=O) groups is 3. The maximum absolute atomic E-state index is 12.8. The van der Waals surface area contributed by atoms with Crippen molar-refractivity contribution in [1.82, 2.24) is 0 Å². The summed E-state index contributed by atoms with van der Waals surface area (Å²) in [5.41, 5.74) is 0. The average Bonchev–Trinajstić information content (AvgIpc) is 3.36. The summed E-state index contributed by atoms with van der Waals surface area (Å²) in [6.07, 6.45) is 70.0. The molecule has 0 spiro atoms. The molecule has 0 aromatic heterocycles. The number of carbonyl (C=O) groups excluding carboxylic acids is 3. The van der Waals surface area contributed by atoms with E-state index in [1.807, 2.05) is 0 Å². The van der Waals surface area contributed by atoms with E-state index in [0.717, 1.165) is 64.2 Å². The third kappa shape index (κ3) is 57.1. The largest absolute Gasteiger partial charge is 0.462 e. The van der Waals surface area contributed by atoms with Crippen molar-refractivity contribution < 1.29 is 28.6 Å². The van der Waals surface area contributed by atoms with E-state index in [4.69, 9.17) is 14.2 Å². The fourth-order valence-corrected chi connectivity index (χ4v) is 9.74. The zero-order valence-electron chi connectivity index (χ0n) is 47.6. The van der Waals surface area contributed by atoms with Gasteiger partial charge in [-0.2, -0.15) is 0 Å². The number of rotatable bonds is 59. The Hall–Kier alpha value is -1.85. The Balaban J connectivity index is 3.93. The van der Waals surface area contributed by atoms with Crippen molar-refractivity contribution in [3.8, 4) is 0 Å². The van der Waals surface area contributed by atoms with Gasteiger partial charge in [-0.1, -0.05) is 309 Å². The van der Waals surface area contributed by atoms with Crippen LogP contribution in [0, 0.1) is 0 Å². The number of hydrogen-bond acceptors (Lipinski definition) is 6. The summed E-state index contributed by atoms with van der Waals surface area (Å²) in [5.74, 6) is -0.863. The lowest BCUT2D eigenvalue weighted by molar-refractivity contribution is -0.167. The molecule has 70 heavy (non-hydrogen) atoms. The van der Waals surface area contributed by atoms with Gasteiger partial charge in [-0.3, -0.25) is 14.4 Å². The maximum atomic E-state index is 12.8. The highest BCUT2D eigenvalue weighted by atomic mass is 16.6. The molecule has 0 rings (SSSR count). The van der Waals surface area contributed by atoms with E-state index in [1.165, 1.54) is 257 Å². The van der Waals surface area contributed by atoms with Gasteiger partial charge in [0.15, 0.2) is 6.10 Å². The molecule has 0 bridgehead atoms. The number of esters is 3. The molecule has 0 heterocycles. The maximum Gasteiger partial charge on any atom is 0.306 e. The molecule has 0 radical (unpaired) electrons. The molecule has 0 N–H and O–H groups in total. The fourth-order valence-electron chi connectivity index (χ4n) is 9.74. The summed E-state index contributed by atoms with van der Waals surface area (Å²) in [6, 6.07) is 0. The van der Waals surface area contributed by atoms with E-state index in [9.17, 15) is 14.4 Å². The van der Waals surface area contributed by atoms with Crippen molar-refractivity contribution in [1.29, 1.82) is 0 Å². The summed E-state index contributed by atoms with van der Waals surface area (Å²) < 4.78 is 16.8. The van der Waals surface area contributed by atoms with Gasteiger partial charge in [0.05, 0.1) is 0 Å². The molecule has 6 nitrogen and oxygen atoms in total. The van der Waals surface area contributed by atoms with Gasteiger partial charge < -0.3 is 14.2 Å². The SMILES string of the molecule is CCCCCCCCC/C=C\CCCCCCCCCC(=O)OC(COC(=O)CCCCCCC)COC(=O)CCCCCCCCCCCCCCCCCCCCCCCCCCCCCCC. The van der Waals surface area contributed by atoms with Crippen LogP contribution in [0.1, 0.15) is 361 Å². The molecule has 0 aliphatic carbocycles. The van der Waals surface area contributed by atoms with E-state index >= 15 is 0 Å². The summed E-state index contributed by atoms with van der Waals surface area (Å²) in [6.45, 7) is 6.61. The van der Waals surface area contributed by atoms with Crippen LogP contribution >= 0.6 is 0 Å². The number of ether oxygens (including phenoxy) is 3. The van der Waals surface area contributed by atoms with Crippen molar-refractivity contribution in [2.75, 3.05) is 13.2 Å². The van der Waals surface area contributed by atoms with Gasteiger partial charge in [0, 0.05) is 19.3 Å². The number of hydrogen-bond donors (Lipinski definition) is 0. The average molecular weight is 988 g/mol. The Morgan fingerprint density at radius 1 is 0.271 bits per heavy atom. The van der Waals surface area contributed by atoms with Gasteiger partial charge in [-0.15, -0.1) is 0 Å². The van der Waals surface area contributed by atoms with Crippen LogP contribution in [0.5, 0.6) is 0 Å². The molecule has 6 heteroatoms. The van der Waals surface area contributed by atoms with Gasteiger partial charge in [0.1, 0.15) is 13.2 Å². The Labute approximate surface area is 437 Å².